The number of hydrogen-bond donors (Lipinski definition) is 0. The average Bonchev–Trinajstić information content (AvgIpc) is 2.24. The average molecular weight is 240 g/mol. The molecule has 0 rings (SSSR count). The van der Waals surface area contributed by atoms with Crippen LogP contribution in [0, 0.1) is 5.92 Å². The lowest BCUT2D eigenvalue weighted by molar-refractivity contribution is 0.736. The third kappa shape index (κ3) is 9.95. The van der Waals surface area contributed by atoms with Crippen molar-refractivity contribution in [2.75, 3.05) is 0 Å². The van der Waals surface area contributed by atoms with Gasteiger partial charge in [-0.15, -0.1) is 0 Å². The van der Waals surface area contributed by atoms with E-state index >= 15 is 0 Å². The Labute approximate surface area is 104 Å². The van der Waals surface area contributed by atoms with Crippen LogP contribution in [0.2, 0.25) is 0 Å². The summed E-state index contributed by atoms with van der Waals surface area (Å²) in [6.07, 6.45) is 14.2. The molecule has 84 valence electrons. The minimum absolute atomic E-state index is 0.482. The summed E-state index contributed by atoms with van der Waals surface area (Å²) in [5.74, 6) is 0.482. The van der Waals surface area contributed by atoms with E-state index in [-0.39, 0.29) is 0 Å². The molecule has 0 nitrogen and oxygen atoms in total. The summed E-state index contributed by atoms with van der Waals surface area (Å²) in [6, 6.07) is 0. The monoisotopic (exact) mass is 240 g/mol. The van der Waals surface area contributed by atoms with Crippen LogP contribution in [-0.2, 0) is 0 Å². The molecule has 0 amide bonds. The highest BCUT2D eigenvalue weighted by Crippen LogP contribution is 2.08. The Kier molecular flexibility index (Phi) is 11.5. The van der Waals surface area contributed by atoms with E-state index in [2.05, 4.69) is 31.2 Å². The second-order valence-corrected chi connectivity index (χ2v) is 4.19. The first-order chi connectivity index (χ1) is 7.35. The van der Waals surface area contributed by atoms with Crippen LogP contribution in [0.5, 0.6) is 0 Å². The van der Waals surface area contributed by atoms with Gasteiger partial charge in [-0.2, -0.15) is 0 Å². The van der Waals surface area contributed by atoms with Crippen molar-refractivity contribution in [3.05, 3.63) is 24.3 Å². The van der Waals surface area contributed by atoms with Gasteiger partial charge in [0.05, 0.1) is 0 Å². The van der Waals surface area contributed by atoms with Gasteiger partial charge in [-0.05, 0) is 35.9 Å². The molecule has 0 heterocycles. The minimum atomic E-state index is 0.482. The molecule has 0 unspecified atom stereocenters. The summed E-state index contributed by atoms with van der Waals surface area (Å²) in [5, 5.41) is 3.57. The maximum atomic E-state index is 4.85. The van der Waals surface area contributed by atoms with Crippen molar-refractivity contribution in [3.63, 3.8) is 0 Å². The van der Waals surface area contributed by atoms with Crippen LogP contribution in [0.15, 0.2) is 24.3 Å². The van der Waals surface area contributed by atoms with Gasteiger partial charge in [0.25, 0.3) is 0 Å². The Hall–Kier alpha value is -0.340. The topological polar surface area (TPSA) is 0 Å². The maximum Gasteiger partial charge on any atom is -0.0145 e. The van der Waals surface area contributed by atoms with E-state index in [1.54, 1.807) is 10.7 Å². The summed E-state index contributed by atoms with van der Waals surface area (Å²) in [7, 11) is 0. The van der Waals surface area contributed by atoms with Gasteiger partial charge in [-0.1, -0.05) is 68.5 Å². The van der Waals surface area contributed by atoms with Gasteiger partial charge in [0.15, 0.2) is 0 Å². The van der Waals surface area contributed by atoms with E-state index in [1.807, 2.05) is 0 Å². The predicted molar refractivity (Wildman–Crippen MR) is 77.8 cm³/mol. The molecule has 0 spiro atoms. The van der Waals surface area contributed by atoms with Crippen molar-refractivity contribution in [1.82, 2.24) is 0 Å². The fourth-order valence-electron chi connectivity index (χ4n) is 1.22. The lowest BCUT2D eigenvalue weighted by atomic mass is 10.0. The number of rotatable bonds is 9. The molecule has 0 aliphatic carbocycles. The first-order valence-corrected chi connectivity index (χ1v) is 6.50. The van der Waals surface area contributed by atoms with E-state index in [9.17, 15) is 0 Å². The molecule has 0 fully saturated rings. The van der Waals surface area contributed by atoms with Crippen LogP contribution in [0.25, 0.3) is 0 Å². The van der Waals surface area contributed by atoms with Crippen LogP contribution in [-0.4, -0.2) is 10.7 Å². The lowest BCUT2D eigenvalue weighted by Crippen LogP contribution is -1.96. The SMILES string of the molecule is CCCCC=CC=CC(CC=S)CC=S. The van der Waals surface area contributed by atoms with Crippen LogP contribution in [0.3, 0.4) is 0 Å². The van der Waals surface area contributed by atoms with Crippen LogP contribution in [0.4, 0.5) is 0 Å². The molecule has 0 aliphatic heterocycles. The summed E-state index contributed by atoms with van der Waals surface area (Å²) >= 11 is 9.71. The summed E-state index contributed by atoms with van der Waals surface area (Å²) < 4.78 is 0. The molecule has 0 saturated carbocycles. The van der Waals surface area contributed by atoms with Gasteiger partial charge >= 0.3 is 0 Å². The molecular formula is C13H20S2. The highest BCUT2D eigenvalue weighted by atomic mass is 32.1. The summed E-state index contributed by atoms with van der Waals surface area (Å²) in [4.78, 5) is 0. The van der Waals surface area contributed by atoms with Crippen molar-refractivity contribution >= 4 is 35.2 Å². The number of thiocarbonyl (C=S) groups is 2. The van der Waals surface area contributed by atoms with E-state index in [0.29, 0.717) is 5.92 Å². The van der Waals surface area contributed by atoms with Crippen molar-refractivity contribution in [3.8, 4) is 0 Å². The van der Waals surface area contributed by atoms with Gasteiger partial charge in [0, 0.05) is 0 Å². The van der Waals surface area contributed by atoms with Crippen LogP contribution >= 0.6 is 24.4 Å². The molecule has 0 aromatic heterocycles. The molecule has 0 N–H and O–H groups in total. The highest BCUT2D eigenvalue weighted by molar-refractivity contribution is 7.79. The maximum absolute atomic E-state index is 4.85. The van der Waals surface area contributed by atoms with Gasteiger partial charge < -0.3 is 0 Å². The molecule has 0 atom stereocenters. The molecule has 0 saturated heterocycles. The Morgan fingerprint density at radius 1 is 1.07 bits per heavy atom. The molecule has 0 aliphatic rings. The lowest BCUT2D eigenvalue weighted by Gasteiger charge is -2.03. The zero-order chi connectivity index (χ0) is 11.4. The zero-order valence-corrected chi connectivity index (χ0v) is 11.0. The Morgan fingerprint density at radius 2 is 1.73 bits per heavy atom. The largest absolute Gasteiger partial charge is 0.0935 e. The smallest absolute Gasteiger partial charge is 0.0145 e. The molecule has 0 radical (unpaired) electrons. The van der Waals surface area contributed by atoms with Gasteiger partial charge in [0.1, 0.15) is 0 Å². The second kappa shape index (κ2) is 11.7. The summed E-state index contributed by atoms with van der Waals surface area (Å²) in [6.45, 7) is 2.21. The predicted octanol–water partition coefficient (Wildman–Crippen LogP) is 4.68. The number of hydrogen-bond acceptors (Lipinski definition) is 2. The normalized spacial score (nSPS) is 11.6. The highest BCUT2D eigenvalue weighted by Gasteiger charge is 1.98. The Morgan fingerprint density at radius 3 is 2.27 bits per heavy atom. The molecule has 15 heavy (non-hydrogen) atoms. The molecule has 0 aromatic carbocycles. The third-order valence-corrected chi connectivity index (χ3v) is 2.54. The van der Waals surface area contributed by atoms with E-state index < -0.39 is 0 Å². The van der Waals surface area contributed by atoms with Gasteiger partial charge in [-0.3, -0.25) is 0 Å². The molecule has 0 aromatic rings. The number of allylic oxidation sites excluding steroid dienone is 4. The van der Waals surface area contributed by atoms with Crippen molar-refractivity contribution < 1.29 is 0 Å². The third-order valence-electron chi connectivity index (χ3n) is 2.15. The van der Waals surface area contributed by atoms with Crippen molar-refractivity contribution in [1.29, 1.82) is 0 Å². The first kappa shape index (κ1) is 14.7. The number of unbranched alkanes of at least 4 members (excludes halogenated alkanes) is 2. The first-order valence-electron chi connectivity index (χ1n) is 5.55. The second-order valence-electron chi connectivity index (χ2n) is 3.52. The van der Waals surface area contributed by atoms with Crippen LogP contribution < -0.4 is 0 Å². The molecular weight excluding hydrogens is 220 g/mol. The Bertz CT molecular complexity index is 207. The van der Waals surface area contributed by atoms with Gasteiger partial charge in [0.2, 0.25) is 0 Å². The fourth-order valence-corrected chi connectivity index (χ4v) is 1.71. The standard InChI is InChI=1S/C13H20S2/c1-2-3-4-5-6-7-8-13(9-11-14)10-12-15/h5-8,11-13H,2-4,9-10H2,1H3. The minimum Gasteiger partial charge on any atom is -0.0935 e. The van der Waals surface area contributed by atoms with E-state index in [1.165, 1.54) is 19.3 Å². The summed E-state index contributed by atoms with van der Waals surface area (Å²) in [5.41, 5.74) is 0. The van der Waals surface area contributed by atoms with Gasteiger partial charge in [-0.25, -0.2) is 0 Å². The Balaban J connectivity index is 3.81. The zero-order valence-electron chi connectivity index (χ0n) is 9.39. The van der Waals surface area contributed by atoms with Crippen molar-refractivity contribution in [2.24, 2.45) is 5.92 Å². The van der Waals surface area contributed by atoms with Crippen molar-refractivity contribution in [2.45, 2.75) is 39.0 Å². The van der Waals surface area contributed by atoms with E-state index in [4.69, 9.17) is 24.4 Å². The quantitative estimate of drug-likeness (QED) is 0.326. The molecule has 0 bridgehead atoms. The van der Waals surface area contributed by atoms with Crippen LogP contribution in [0.1, 0.15) is 39.0 Å². The van der Waals surface area contributed by atoms with E-state index in [0.717, 1.165) is 12.8 Å². The fraction of sp³-hybridized carbons (Fsp3) is 0.538. The molecule has 2 heteroatoms.